The maximum Gasteiger partial charge on any atom is 0.243 e. The van der Waals surface area contributed by atoms with Crippen molar-refractivity contribution >= 4 is 28.3 Å². The van der Waals surface area contributed by atoms with E-state index in [1.54, 1.807) is 11.3 Å². The van der Waals surface area contributed by atoms with Gasteiger partial charge in [0.15, 0.2) is 0 Å². The molecule has 1 N–H and O–H groups in total. The highest BCUT2D eigenvalue weighted by atomic mass is 32.1. The summed E-state index contributed by atoms with van der Waals surface area (Å²) < 4.78 is 2.10. The second-order valence-electron chi connectivity index (χ2n) is 6.35. The molecule has 0 spiro atoms. The number of aromatic nitrogens is 3. The molecule has 0 radical (unpaired) electrons. The highest BCUT2D eigenvalue weighted by Crippen LogP contribution is 2.24. The third kappa shape index (κ3) is 3.51. The second kappa shape index (κ2) is 7.99. The van der Waals surface area contributed by atoms with E-state index in [0.717, 1.165) is 51.7 Å². The van der Waals surface area contributed by atoms with E-state index in [1.807, 2.05) is 38.1 Å². The van der Waals surface area contributed by atoms with Gasteiger partial charge in [-0.3, -0.25) is 4.79 Å². The number of imidazole rings is 1. The summed E-state index contributed by atoms with van der Waals surface area (Å²) in [7, 11) is 0. The van der Waals surface area contributed by atoms with E-state index in [9.17, 15) is 4.79 Å². The van der Waals surface area contributed by atoms with E-state index in [2.05, 4.69) is 28.7 Å². The van der Waals surface area contributed by atoms with Crippen LogP contribution in [-0.2, 0) is 24.2 Å². The van der Waals surface area contributed by atoms with Crippen molar-refractivity contribution in [3.05, 3.63) is 45.7 Å². The van der Waals surface area contributed by atoms with Gasteiger partial charge in [-0.25, -0.2) is 9.97 Å². The molecule has 0 bridgehead atoms. The fourth-order valence-electron chi connectivity index (χ4n) is 3.27. The number of nitrogens with zero attached hydrogens (tertiary/aromatic N) is 3. The third-order valence-corrected chi connectivity index (χ3v) is 5.95. The molecule has 2 heterocycles. The third-order valence-electron chi connectivity index (χ3n) is 4.65. The van der Waals surface area contributed by atoms with Crippen LogP contribution < -0.4 is 5.32 Å². The van der Waals surface area contributed by atoms with Crippen LogP contribution in [0.4, 0.5) is 0 Å². The zero-order valence-corrected chi connectivity index (χ0v) is 16.7. The van der Waals surface area contributed by atoms with E-state index in [1.165, 1.54) is 0 Å². The molecule has 1 atom stereocenters. The van der Waals surface area contributed by atoms with Gasteiger partial charge in [-0.05, 0) is 31.9 Å². The number of carbonyl (C=O) groups excluding carboxylic acids is 1. The number of fused-ring (bicyclic) bond motifs is 1. The van der Waals surface area contributed by atoms with Gasteiger partial charge in [0, 0.05) is 11.3 Å². The molecule has 0 aliphatic rings. The first-order valence-electron chi connectivity index (χ1n) is 9.27. The number of nitrogens with one attached hydrogen (secondary N) is 1. The number of benzene rings is 1. The molecule has 1 aromatic carbocycles. The average Bonchev–Trinajstić information content (AvgIpc) is 3.21. The van der Waals surface area contributed by atoms with Crippen molar-refractivity contribution in [1.29, 1.82) is 0 Å². The monoisotopic (exact) mass is 370 g/mol. The lowest BCUT2D eigenvalue weighted by Crippen LogP contribution is -2.32. The smallest absolute Gasteiger partial charge is 0.243 e. The van der Waals surface area contributed by atoms with Crippen LogP contribution in [0.1, 0.15) is 54.6 Å². The van der Waals surface area contributed by atoms with E-state index in [4.69, 9.17) is 4.98 Å². The van der Waals surface area contributed by atoms with Crippen LogP contribution in [0.5, 0.6) is 0 Å². The lowest BCUT2D eigenvalue weighted by atomic mass is 10.2. The number of hydrogen-bond donors (Lipinski definition) is 1. The van der Waals surface area contributed by atoms with Crippen LogP contribution in [0.2, 0.25) is 0 Å². The Kier molecular flexibility index (Phi) is 5.71. The van der Waals surface area contributed by atoms with Gasteiger partial charge in [0.2, 0.25) is 5.91 Å². The van der Waals surface area contributed by atoms with Crippen LogP contribution in [0.3, 0.4) is 0 Å². The molecule has 0 saturated heterocycles. The zero-order chi connectivity index (χ0) is 18.7. The van der Waals surface area contributed by atoms with Crippen LogP contribution in [0.15, 0.2) is 24.3 Å². The predicted octanol–water partition coefficient (Wildman–Crippen LogP) is 4.19. The van der Waals surface area contributed by atoms with Crippen LogP contribution in [0, 0.1) is 6.92 Å². The van der Waals surface area contributed by atoms with Crippen LogP contribution in [-0.4, -0.2) is 20.4 Å². The van der Waals surface area contributed by atoms with E-state index in [-0.39, 0.29) is 11.9 Å². The topological polar surface area (TPSA) is 59.8 Å². The Labute approximate surface area is 158 Å². The van der Waals surface area contributed by atoms with Crippen molar-refractivity contribution < 1.29 is 4.79 Å². The second-order valence-corrected chi connectivity index (χ2v) is 7.52. The Morgan fingerprint density at radius 3 is 2.62 bits per heavy atom. The molecule has 0 unspecified atom stereocenters. The molecular formula is C20H26N4OS. The first-order chi connectivity index (χ1) is 12.6. The van der Waals surface area contributed by atoms with Gasteiger partial charge in [0.25, 0.3) is 0 Å². The van der Waals surface area contributed by atoms with Crippen molar-refractivity contribution in [2.24, 2.45) is 0 Å². The van der Waals surface area contributed by atoms with E-state index >= 15 is 0 Å². The van der Waals surface area contributed by atoms with Gasteiger partial charge in [-0.2, -0.15) is 0 Å². The predicted molar refractivity (Wildman–Crippen MR) is 107 cm³/mol. The number of thiazole rings is 1. The number of para-hydroxylation sites is 2. The minimum Gasteiger partial charge on any atom is -0.349 e. The fraction of sp³-hybridized carbons (Fsp3) is 0.450. The quantitative estimate of drug-likeness (QED) is 0.678. The molecule has 0 aliphatic carbocycles. The summed E-state index contributed by atoms with van der Waals surface area (Å²) in [5, 5.41) is 4.23. The number of carbonyl (C=O) groups is 1. The summed E-state index contributed by atoms with van der Waals surface area (Å²) >= 11 is 1.68. The van der Waals surface area contributed by atoms with Crippen LogP contribution in [0.25, 0.3) is 11.0 Å². The van der Waals surface area contributed by atoms with Crippen molar-refractivity contribution in [3.63, 3.8) is 0 Å². The Bertz CT molecular complexity index is 912. The molecule has 26 heavy (non-hydrogen) atoms. The van der Waals surface area contributed by atoms with Crippen molar-refractivity contribution in [2.45, 2.75) is 59.5 Å². The molecule has 0 fully saturated rings. The highest BCUT2D eigenvalue weighted by molar-refractivity contribution is 7.11. The molecule has 1 amide bonds. The Morgan fingerprint density at radius 1 is 1.19 bits per heavy atom. The summed E-state index contributed by atoms with van der Waals surface area (Å²) in [4.78, 5) is 23.4. The summed E-state index contributed by atoms with van der Waals surface area (Å²) in [6, 6.07) is 7.77. The number of hydrogen-bond acceptors (Lipinski definition) is 4. The minimum atomic E-state index is -0.253. The molecule has 3 rings (SSSR count). The molecule has 6 heteroatoms. The number of rotatable bonds is 7. The Balaban J connectivity index is 1.84. The van der Waals surface area contributed by atoms with Crippen LogP contribution >= 0.6 is 11.3 Å². The average molecular weight is 371 g/mol. The lowest BCUT2D eigenvalue weighted by molar-refractivity contribution is -0.124. The molecule has 5 nitrogen and oxygen atoms in total. The van der Waals surface area contributed by atoms with Gasteiger partial charge in [0.1, 0.15) is 11.9 Å². The van der Waals surface area contributed by atoms with Gasteiger partial charge >= 0.3 is 0 Å². The number of aryl methyl sites for hydroxylation is 3. The molecule has 0 aliphatic heterocycles. The van der Waals surface area contributed by atoms with Gasteiger partial charge in [-0.1, -0.05) is 32.9 Å². The van der Waals surface area contributed by atoms with Gasteiger partial charge in [0.05, 0.1) is 28.3 Å². The minimum absolute atomic E-state index is 0.0381. The zero-order valence-electron chi connectivity index (χ0n) is 15.9. The van der Waals surface area contributed by atoms with E-state index < -0.39 is 0 Å². The van der Waals surface area contributed by atoms with Crippen molar-refractivity contribution in [1.82, 2.24) is 19.9 Å². The molecule has 2 aromatic heterocycles. The van der Waals surface area contributed by atoms with Gasteiger partial charge in [-0.15, -0.1) is 11.3 Å². The molecular weight excluding hydrogens is 344 g/mol. The SMILES string of the molecule is CCc1nc(C)c(CNC(=O)[C@@H](CC)n2c(CC)nc3ccccc32)s1. The normalized spacial score (nSPS) is 12.5. The largest absolute Gasteiger partial charge is 0.349 e. The first kappa shape index (κ1) is 18.6. The highest BCUT2D eigenvalue weighted by Gasteiger charge is 2.23. The lowest BCUT2D eigenvalue weighted by Gasteiger charge is -2.19. The number of amides is 1. The van der Waals surface area contributed by atoms with Crippen molar-refractivity contribution in [2.75, 3.05) is 0 Å². The fourth-order valence-corrected chi connectivity index (χ4v) is 4.21. The Hall–Kier alpha value is -2.21. The standard InChI is InChI=1S/C20H26N4OS/c1-5-15(20(25)21-12-17-13(4)22-19(7-3)26-17)24-16-11-9-8-10-14(16)23-18(24)6-2/h8-11,15H,5-7,12H2,1-4H3,(H,21,25)/t15-/m1/s1. The molecule has 3 aromatic rings. The first-order valence-corrected chi connectivity index (χ1v) is 10.1. The molecule has 138 valence electrons. The van der Waals surface area contributed by atoms with Gasteiger partial charge < -0.3 is 9.88 Å². The summed E-state index contributed by atoms with van der Waals surface area (Å²) in [5.74, 6) is 0.992. The summed E-state index contributed by atoms with van der Waals surface area (Å²) in [5.41, 5.74) is 2.98. The summed E-state index contributed by atoms with van der Waals surface area (Å²) in [6.45, 7) is 8.77. The molecule has 0 saturated carbocycles. The maximum atomic E-state index is 13.0. The Morgan fingerprint density at radius 2 is 1.96 bits per heavy atom. The van der Waals surface area contributed by atoms with Crippen molar-refractivity contribution in [3.8, 4) is 0 Å². The van der Waals surface area contributed by atoms with E-state index in [0.29, 0.717) is 6.54 Å². The summed E-state index contributed by atoms with van der Waals surface area (Å²) in [6.07, 6.45) is 2.45. The maximum absolute atomic E-state index is 13.0.